The molecule has 0 N–H and O–H groups in total. The highest BCUT2D eigenvalue weighted by Gasteiger charge is 2.10. The van der Waals surface area contributed by atoms with E-state index in [-0.39, 0.29) is 6.03 Å². The van der Waals surface area contributed by atoms with Gasteiger partial charge in [-0.15, -0.1) is 0 Å². The van der Waals surface area contributed by atoms with Crippen LogP contribution in [0.1, 0.15) is 11.1 Å². The Morgan fingerprint density at radius 1 is 1.13 bits per heavy atom. The van der Waals surface area contributed by atoms with Gasteiger partial charge in [0.05, 0.1) is 0 Å². The van der Waals surface area contributed by atoms with Crippen molar-refractivity contribution in [2.45, 2.75) is 13.5 Å². The maximum absolute atomic E-state index is 11.6. The molecule has 0 atom stereocenters. The lowest BCUT2D eigenvalue weighted by molar-refractivity contribution is 0.180. The molecule has 0 aliphatic rings. The van der Waals surface area contributed by atoms with Gasteiger partial charge in [-0.2, -0.15) is 0 Å². The first-order valence-electron chi connectivity index (χ1n) is 4.98. The molecule has 82 valence electrons. The number of nitrogens with zero attached hydrogens (tertiary/aromatic N) is 2. The van der Waals surface area contributed by atoms with Gasteiger partial charge in [0.15, 0.2) is 0 Å². The number of rotatable bonds is 2. The summed E-state index contributed by atoms with van der Waals surface area (Å²) in [5.41, 5.74) is 2.39. The molecule has 2 amide bonds. The van der Waals surface area contributed by atoms with Crippen LogP contribution < -0.4 is 0 Å². The number of carbonyl (C=O) groups is 1. The highest BCUT2D eigenvalue weighted by atomic mass is 16.2. The highest BCUT2D eigenvalue weighted by molar-refractivity contribution is 5.73. The molecule has 0 heterocycles. The minimum atomic E-state index is 0.0237. The van der Waals surface area contributed by atoms with E-state index in [1.54, 1.807) is 23.9 Å². The Hall–Kier alpha value is -1.51. The van der Waals surface area contributed by atoms with Crippen LogP contribution in [-0.4, -0.2) is 37.0 Å². The third kappa shape index (κ3) is 3.27. The normalized spacial score (nSPS) is 9.87. The van der Waals surface area contributed by atoms with Gasteiger partial charge in [0.2, 0.25) is 0 Å². The van der Waals surface area contributed by atoms with Gasteiger partial charge in [-0.1, -0.05) is 29.8 Å². The molecule has 1 aromatic rings. The van der Waals surface area contributed by atoms with Crippen LogP contribution in [0.3, 0.4) is 0 Å². The lowest BCUT2D eigenvalue weighted by Gasteiger charge is -2.21. The molecule has 3 nitrogen and oxygen atoms in total. The molecule has 0 saturated carbocycles. The Morgan fingerprint density at radius 2 is 1.67 bits per heavy atom. The van der Waals surface area contributed by atoms with Gasteiger partial charge < -0.3 is 9.80 Å². The van der Waals surface area contributed by atoms with E-state index in [9.17, 15) is 4.79 Å². The van der Waals surface area contributed by atoms with Crippen molar-refractivity contribution in [2.75, 3.05) is 21.1 Å². The van der Waals surface area contributed by atoms with Crippen molar-refractivity contribution in [3.05, 3.63) is 35.4 Å². The molecule has 0 spiro atoms. The molecule has 0 aliphatic carbocycles. The van der Waals surface area contributed by atoms with Gasteiger partial charge in [0, 0.05) is 27.7 Å². The topological polar surface area (TPSA) is 23.6 Å². The van der Waals surface area contributed by atoms with Crippen molar-refractivity contribution in [2.24, 2.45) is 0 Å². The van der Waals surface area contributed by atoms with E-state index in [0.29, 0.717) is 6.54 Å². The first-order chi connectivity index (χ1) is 7.00. The summed E-state index contributed by atoms with van der Waals surface area (Å²) in [6.45, 7) is 2.70. The number of aryl methyl sites for hydroxylation is 1. The van der Waals surface area contributed by atoms with Crippen LogP contribution in [0.5, 0.6) is 0 Å². The average molecular weight is 206 g/mol. The Balaban J connectivity index is 2.62. The number of benzene rings is 1. The Kier molecular flexibility index (Phi) is 3.72. The molecular formula is C12H18N2O. The largest absolute Gasteiger partial charge is 0.331 e. The molecule has 0 bridgehead atoms. The van der Waals surface area contributed by atoms with E-state index < -0.39 is 0 Å². The van der Waals surface area contributed by atoms with Gasteiger partial charge >= 0.3 is 6.03 Å². The van der Waals surface area contributed by atoms with Crippen LogP contribution in [-0.2, 0) is 6.54 Å². The van der Waals surface area contributed by atoms with Gasteiger partial charge in [0.1, 0.15) is 0 Å². The van der Waals surface area contributed by atoms with Gasteiger partial charge in [-0.25, -0.2) is 4.79 Å². The molecule has 1 aromatic carbocycles. The molecule has 0 aromatic heterocycles. The van der Waals surface area contributed by atoms with Crippen molar-refractivity contribution in [1.29, 1.82) is 0 Å². The lowest BCUT2D eigenvalue weighted by Crippen LogP contribution is -2.35. The summed E-state index contributed by atoms with van der Waals surface area (Å²) in [6, 6.07) is 8.24. The molecule has 0 radical (unpaired) electrons. The fourth-order valence-electron chi connectivity index (χ4n) is 1.38. The van der Waals surface area contributed by atoms with Crippen molar-refractivity contribution < 1.29 is 4.79 Å². The molecule has 0 saturated heterocycles. The predicted molar refractivity (Wildman–Crippen MR) is 61.7 cm³/mol. The molecule has 0 unspecified atom stereocenters. The van der Waals surface area contributed by atoms with E-state index in [2.05, 4.69) is 31.2 Å². The summed E-state index contributed by atoms with van der Waals surface area (Å²) in [5, 5.41) is 0. The average Bonchev–Trinajstić information content (AvgIpc) is 2.20. The van der Waals surface area contributed by atoms with Crippen LogP contribution in [0.25, 0.3) is 0 Å². The minimum absolute atomic E-state index is 0.0237. The molecule has 1 rings (SSSR count). The fourth-order valence-corrected chi connectivity index (χ4v) is 1.38. The quantitative estimate of drug-likeness (QED) is 0.727. The summed E-state index contributed by atoms with van der Waals surface area (Å²) in [6.07, 6.45) is 0. The number of urea groups is 1. The summed E-state index contributed by atoms with van der Waals surface area (Å²) in [7, 11) is 5.32. The van der Waals surface area contributed by atoms with Gasteiger partial charge in [-0.05, 0) is 12.5 Å². The standard InChI is InChI=1S/C12H18N2O/c1-10-5-7-11(8-6-10)9-14(4)12(15)13(2)3/h5-8H,9H2,1-4H3. The van der Waals surface area contributed by atoms with Crippen molar-refractivity contribution >= 4 is 6.03 Å². The third-order valence-electron chi connectivity index (χ3n) is 2.25. The number of carbonyl (C=O) groups excluding carboxylic acids is 1. The van der Waals surface area contributed by atoms with Crippen LogP contribution in [0, 0.1) is 6.92 Å². The second-order valence-corrected chi connectivity index (χ2v) is 4.02. The summed E-state index contributed by atoms with van der Waals surface area (Å²) < 4.78 is 0. The van der Waals surface area contributed by atoms with E-state index in [0.717, 1.165) is 5.56 Å². The third-order valence-corrected chi connectivity index (χ3v) is 2.25. The molecular weight excluding hydrogens is 188 g/mol. The van der Waals surface area contributed by atoms with E-state index >= 15 is 0 Å². The van der Waals surface area contributed by atoms with Crippen molar-refractivity contribution in [3.8, 4) is 0 Å². The van der Waals surface area contributed by atoms with Crippen molar-refractivity contribution in [3.63, 3.8) is 0 Å². The monoisotopic (exact) mass is 206 g/mol. The van der Waals surface area contributed by atoms with Crippen molar-refractivity contribution in [1.82, 2.24) is 9.80 Å². The molecule has 0 aliphatic heterocycles. The summed E-state index contributed by atoms with van der Waals surface area (Å²) >= 11 is 0. The summed E-state index contributed by atoms with van der Waals surface area (Å²) in [5.74, 6) is 0. The number of hydrogen-bond donors (Lipinski definition) is 0. The first-order valence-corrected chi connectivity index (χ1v) is 4.98. The number of hydrogen-bond acceptors (Lipinski definition) is 1. The zero-order chi connectivity index (χ0) is 11.4. The Labute approximate surface area is 91.3 Å². The molecule has 0 fully saturated rings. The van der Waals surface area contributed by atoms with Crippen LogP contribution in [0.4, 0.5) is 4.79 Å². The van der Waals surface area contributed by atoms with E-state index in [4.69, 9.17) is 0 Å². The van der Waals surface area contributed by atoms with Crippen LogP contribution >= 0.6 is 0 Å². The maximum atomic E-state index is 11.6. The smallest absolute Gasteiger partial charge is 0.319 e. The fraction of sp³-hybridized carbons (Fsp3) is 0.417. The Bertz CT molecular complexity index is 330. The summed E-state index contributed by atoms with van der Waals surface area (Å²) in [4.78, 5) is 14.8. The predicted octanol–water partition coefficient (Wildman–Crippen LogP) is 2.11. The number of amides is 2. The molecule has 15 heavy (non-hydrogen) atoms. The van der Waals surface area contributed by atoms with Gasteiger partial charge in [-0.3, -0.25) is 0 Å². The Morgan fingerprint density at radius 3 is 2.13 bits per heavy atom. The SMILES string of the molecule is Cc1ccc(CN(C)C(=O)N(C)C)cc1. The first kappa shape index (κ1) is 11.6. The van der Waals surface area contributed by atoms with E-state index in [1.165, 1.54) is 5.56 Å². The highest BCUT2D eigenvalue weighted by Crippen LogP contribution is 2.06. The minimum Gasteiger partial charge on any atom is -0.331 e. The zero-order valence-electron chi connectivity index (χ0n) is 9.82. The second kappa shape index (κ2) is 4.82. The maximum Gasteiger partial charge on any atom is 0.319 e. The van der Waals surface area contributed by atoms with Gasteiger partial charge in [0.25, 0.3) is 0 Å². The van der Waals surface area contributed by atoms with E-state index in [1.807, 2.05) is 7.05 Å². The second-order valence-electron chi connectivity index (χ2n) is 4.02. The molecule has 3 heteroatoms. The lowest BCUT2D eigenvalue weighted by atomic mass is 10.1. The van der Waals surface area contributed by atoms with Crippen LogP contribution in [0.15, 0.2) is 24.3 Å². The van der Waals surface area contributed by atoms with Crippen LogP contribution in [0.2, 0.25) is 0 Å². The zero-order valence-corrected chi connectivity index (χ0v) is 9.82.